The number of carbonyl (C=O) groups is 1. The minimum absolute atomic E-state index is 0.289. The van der Waals surface area contributed by atoms with Gasteiger partial charge in [0.05, 0.1) is 17.4 Å². The molecule has 34 heavy (non-hydrogen) atoms. The summed E-state index contributed by atoms with van der Waals surface area (Å²) in [5.41, 5.74) is 2.51. The first-order valence-corrected chi connectivity index (χ1v) is 11.4. The molecule has 5 aromatic rings. The van der Waals surface area contributed by atoms with Crippen molar-refractivity contribution in [2.75, 3.05) is 5.32 Å². The molecule has 166 valence electrons. The van der Waals surface area contributed by atoms with Gasteiger partial charge in [0.25, 0.3) is 5.91 Å². The molecule has 4 aromatic carbocycles. The van der Waals surface area contributed by atoms with E-state index >= 15 is 0 Å². The topological polar surface area (TPSA) is 64.4 Å². The van der Waals surface area contributed by atoms with E-state index in [-0.39, 0.29) is 5.91 Å². The Labute approximate surface area is 205 Å². The van der Waals surface area contributed by atoms with Crippen LogP contribution in [0.3, 0.4) is 0 Å². The van der Waals surface area contributed by atoms with E-state index in [2.05, 4.69) is 26.2 Å². The lowest BCUT2D eigenvalue weighted by Crippen LogP contribution is -2.13. The third-order valence-electron chi connectivity index (χ3n) is 5.14. The largest absolute Gasteiger partial charge is 0.455 e. The monoisotopic (exact) mass is 510 g/mol. The van der Waals surface area contributed by atoms with Gasteiger partial charge >= 0.3 is 0 Å². The number of nitrogens with one attached hydrogen (secondary N) is 1. The van der Waals surface area contributed by atoms with Crippen molar-refractivity contribution >= 4 is 27.5 Å². The van der Waals surface area contributed by atoms with Crippen molar-refractivity contribution in [3.63, 3.8) is 0 Å². The Kier molecular flexibility index (Phi) is 6.23. The van der Waals surface area contributed by atoms with E-state index in [9.17, 15) is 4.79 Å². The molecule has 6 heteroatoms. The quantitative estimate of drug-likeness (QED) is 0.253. The van der Waals surface area contributed by atoms with Gasteiger partial charge in [-0.25, -0.2) is 4.98 Å². The number of carbonyl (C=O) groups excluding carboxylic acids is 1. The summed E-state index contributed by atoms with van der Waals surface area (Å²) in [5, 5.41) is 2.96. The number of amides is 1. The fraction of sp³-hybridized carbons (Fsp3) is 0. The molecule has 0 fully saturated rings. The fourth-order valence-electron chi connectivity index (χ4n) is 3.48. The van der Waals surface area contributed by atoms with Gasteiger partial charge in [0, 0.05) is 15.6 Å². The number of benzene rings is 4. The number of anilines is 1. The first-order chi connectivity index (χ1) is 16.7. The van der Waals surface area contributed by atoms with Crippen LogP contribution in [-0.2, 0) is 0 Å². The zero-order valence-corrected chi connectivity index (χ0v) is 19.5. The van der Waals surface area contributed by atoms with Crippen LogP contribution in [0.2, 0.25) is 0 Å². The number of oxazole rings is 1. The molecule has 1 aromatic heterocycles. The molecular formula is C28H19BrN2O3. The van der Waals surface area contributed by atoms with Gasteiger partial charge in [-0.3, -0.25) is 4.79 Å². The predicted octanol–water partition coefficient (Wildman–Crippen LogP) is 7.82. The van der Waals surface area contributed by atoms with Gasteiger partial charge < -0.3 is 14.5 Å². The lowest BCUT2D eigenvalue weighted by Gasteiger charge is -2.13. The highest BCUT2D eigenvalue weighted by Crippen LogP contribution is 2.32. The van der Waals surface area contributed by atoms with Gasteiger partial charge in [-0.2, -0.15) is 0 Å². The first kappa shape index (κ1) is 21.7. The highest BCUT2D eigenvalue weighted by atomic mass is 79.9. The number of hydrogen-bond donors (Lipinski definition) is 1. The number of aromatic nitrogens is 1. The van der Waals surface area contributed by atoms with Crippen LogP contribution in [0.1, 0.15) is 10.4 Å². The Morgan fingerprint density at radius 1 is 0.824 bits per heavy atom. The van der Waals surface area contributed by atoms with Crippen LogP contribution in [0, 0.1) is 0 Å². The Morgan fingerprint density at radius 3 is 2.35 bits per heavy atom. The smallest absolute Gasteiger partial charge is 0.256 e. The molecule has 1 amide bonds. The van der Waals surface area contributed by atoms with Crippen LogP contribution in [0.25, 0.3) is 22.8 Å². The van der Waals surface area contributed by atoms with Gasteiger partial charge in [-0.15, -0.1) is 0 Å². The van der Waals surface area contributed by atoms with E-state index in [1.807, 2.05) is 91.0 Å². The normalized spacial score (nSPS) is 10.6. The molecule has 0 atom stereocenters. The molecule has 0 unspecified atom stereocenters. The fourth-order valence-corrected chi connectivity index (χ4v) is 3.74. The second-order valence-corrected chi connectivity index (χ2v) is 8.36. The average molecular weight is 511 g/mol. The third kappa shape index (κ3) is 4.77. The first-order valence-electron chi connectivity index (χ1n) is 10.6. The Bertz CT molecular complexity index is 1430. The molecule has 0 aliphatic heterocycles. The lowest BCUT2D eigenvalue weighted by molar-refractivity contribution is 0.102. The summed E-state index contributed by atoms with van der Waals surface area (Å²) < 4.78 is 13.0. The Hall–Kier alpha value is -4.16. The molecule has 0 aliphatic rings. The SMILES string of the molecule is O=C(Nc1ccccc1Oc1ccccc1)c1ccccc1-c1ncc(-c2ccc(Br)cc2)o1. The molecule has 0 radical (unpaired) electrons. The van der Waals surface area contributed by atoms with E-state index in [4.69, 9.17) is 9.15 Å². The van der Waals surface area contributed by atoms with Crippen LogP contribution in [-0.4, -0.2) is 10.9 Å². The van der Waals surface area contributed by atoms with Gasteiger partial charge in [-0.1, -0.05) is 70.5 Å². The summed E-state index contributed by atoms with van der Waals surface area (Å²) in [4.78, 5) is 17.7. The van der Waals surface area contributed by atoms with Crippen LogP contribution in [0.4, 0.5) is 5.69 Å². The molecule has 0 saturated carbocycles. The second kappa shape index (κ2) is 9.77. The lowest BCUT2D eigenvalue weighted by atomic mass is 10.1. The van der Waals surface area contributed by atoms with Crippen molar-refractivity contribution in [3.05, 3.63) is 119 Å². The maximum Gasteiger partial charge on any atom is 0.256 e. The zero-order valence-electron chi connectivity index (χ0n) is 17.9. The van der Waals surface area contributed by atoms with Crippen LogP contribution in [0.15, 0.2) is 118 Å². The van der Waals surface area contributed by atoms with E-state index in [1.165, 1.54) is 0 Å². The van der Waals surface area contributed by atoms with Gasteiger partial charge in [0.15, 0.2) is 11.5 Å². The molecule has 5 rings (SSSR count). The van der Waals surface area contributed by atoms with Crippen molar-refractivity contribution in [2.24, 2.45) is 0 Å². The maximum atomic E-state index is 13.3. The highest BCUT2D eigenvalue weighted by Gasteiger charge is 2.18. The summed E-state index contributed by atoms with van der Waals surface area (Å²) in [6.07, 6.45) is 1.66. The minimum Gasteiger partial charge on any atom is -0.455 e. The minimum atomic E-state index is -0.289. The Balaban J connectivity index is 1.42. The molecule has 1 N–H and O–H groups in total. The maximum absolute atomic E-state index is 13.3. The number of nitrogens with zero attached hydrogens (tertiary/aromatic N) is 1. The summed E-state index contributed by atoms with van der Waals surface area (Å²) in [7, 11) is 0. The van der Waals surface area contributed by atoms with Crippen LogP contribution < -0.4 is 10.1 Å². The van der Waals surface area contributed by atoms with Crippen LogP contribution >= 0.6 is 15.9 Å². The number of rotatable bonds is 6. The molecule has 1 heterocycles. The molecule has 0 bridgehead atoms. The number of hydrogen-bond acceptors (Lipinski definition) is 4. The molecule has 5 nitrogen and oxygen atoms in total. The standard InChI is InChI=1S/C28H19BrN2O3/c29-20-16-14-19(15-17-20)26-18-30-28(34-26)23-11-5-4-10-22(23)27(32)31-24-12-6-7-13-25(24)33-21-8-2-1-3-9-21/h1-18H,(H,31,32). The van der Waals surface area contributed by atoms with Crippen molar-refractivity contribution < 1.29 is 13.9 Å². The zero-order chi connectivity index (χ0) is 23.3. The van der Waals surface area contributed by atoms with Crippen LogP contribution in [0.5, 0.6) is 11.5 Å². The summed E-state index contributed by atoms with van der Waals surface area (Å²) in [6.45, 7) is 0. The van der Waals surface area contributed by atoms with Gasteiger partial charge in [0.1, 0.15) is 5.75 Å². The summed E-state index contributed by atoms with van der Waals surface area (Å²) >= 11 is 3.44. The Morgan fingerprint density at radius 2 is 1.53 bits per heavy atom. The van der Waals surface area contributed by atoms with Crippen molar-refractivity contribution in [1.29, 1.82) is 0 Å². The van der Waals surface area contributed by atoms with E-state index < -0.39 is 0 Å². The van der Waals surface area contributed by atoms with Gasteiger partial charge in [-0.05, 0) is 48.5 Å². The van der Waals surface area contributed by atoms with E-state index in [0.29, 0.717) is 40.0 Å². The van der Waals surface area contributed by atoms with E-state index in [0.717, 1.165) is 10.0 Å². The summed E-state index contributed by atoms with van der Waals surface area (Å²) in [5.74, 6) is 1.94. The molecule has 0 spiro atoms. The molecule has 0 aliphatic carbocycles. The number of para-hydroxylation sites is 3. The average Bonchev–Trinajstić information content (AvgIpc) is 3.36. The van der Waals surface area contributed by atoms with Crippen molar-refractivity contribution in [2.45, 2.75) is 0 Å². The van der Waals surface area contributed by atoms with Gasteiger partial charge in [0.2, 0.25) is 5.89 Å². The predicted molar refractivity (Wildman–Crippen MR) is 136 cm³/mol. The third-order valence-corrected chi connectivity index (χ3v) is 5.67. The highest BCUT2D eigenvalue weighted by molar-refractivity contribution is 9.10. The molecule has 0 saturated heterocycles. The second-order valence-electron chi connectivity index (χ2n) is 7.45. The summed E-state index contributed by atoms with van der Waals surface area (Å²) in [6, 6.07) is 31.7. The number of ether oxygens (including phenoxy) is 1. The number of halogens is 1. The molecular weight excluding hydrogens is 492 g/mol. The van der Waals surface area contributed by atoms with Crippen molar-refractivity contribution in [3.8, 4) is 34.3 Å². The van der Waals surface area contributed by atoms with Crippen molar-refractivity contribution in [1.82, 2.24) is 4.98 Å². The van der Waals surface area contributed by atoms with E-state index in [1.54, 1.807) is 18.3 Å².